The number of amides is 1. The molecule has 4 nitrogen and oxygen atoms in total. The lowest BCUT2D eigenvalue weighted by Crippen LogP contribution is -2.51. The quantitative estimate of drug-likeness (QED) is 0.933. The molecule has 7 heteroatoms. The smallest absolute Gasteiger partial charge is 0.406 e. The van der Waals surface area contributed by atoms with Crippen LogP contribution in [-0.4, -0.2) is 35.8 Å². The van der Waals surface area contributed by atoms with E-state index in [4.69, 9.17) is 5.73 Å². The van der Waals surface area contributed by atoms with E-state index in [9.17, 15) is 18.0 Å². The van der Waals surface area contributed by atoms with Gasteiger partial charge in [0.1, 0.15) is 5.75 Å². The molecule has 1 aromatic rings. The Balaban J connectivity index is 2.11. The van der Waals surface area contributed by atoms with Gasteiger partial charge in [0.15, 0.2) is 0 Å². The highest BCUT2D eigenvalue weighted by molar-refractivity contribution is 5.94. The lowest BCUT2D eigenvalue weighted by molar-refractivity contribution is -0.274. The summed E-state index contributed by atoms with van der Waals surface area (Å²) in [5.41, 5.74) is 6.26. The second-order valence-electron chi connectivity index (χ2n) is 5.49. The highest BCUT2D eigenvalue weighted by atomic mass is 19.4. The Morgan fingerprint density at radius 3 is 2.50 bits per heavy atom. The van der Waals surface area contributed by atoms with E-state index in [1.807, 2.05) is 6.92 Å². The molecule has 0 spiro atoms. The number of alkyl halides is 3. The normalized spacial score (nSPS) is 20.6. The molecule has 1 heterocycles. The first kappa shape index (κ1) is 16.6. The number of hydrogen-bond donors (Lipinski definition) is 1. The number of benzene rings is 1. The number of rotatable bonds is 3. The maximum absolute atomic E-state index is 12.5. The number of nitrogens with two attached hydrogens (primary N) is 1. The number of carbonyl (C=O) groups excluding carboxylic acids is 1. The Morgan fingerprint density at radius 2 is 1.95 bits per heavy atom. The van der Waals surface area contributed by atoms with Gasteiger partial charge in [-0.05, 0) is 50.5 Å². The summed E-state index contributed by atoms with van der Waals surface area (Å²) in [6.07, 6.45) is -1.96. The Kier molecular flexibility index (Phi) is 4.95. The molecule has 1 aromatic carbocycles. The number of ether oxygens (including phenoxy) is 1. The molecule has 2 rings (SSSR count). The minimum atomic E-state index is -4.74. The Bertz CT molecular complexity index is 515. The van der Waals surface area contributed by atoms with Gasteiger partial charge in [-0.1, -0.05) is 0 Å². The summed E-state index contributed by atoms with van der Waals surface area (Å²) in [6.45, 7) is 2.47. The summed E-state index contributed by atoms with van der Waals surface area (Å²) >= 11 is 0. The Hall–Kier alpha value is -1.76. The summed E-state index contributed by atoms with van der Waals surface area (Å²) in [5.74, 6) is -0.549. The minimum Gasteiger partial charge on any atom is -0.406 e. The van der Waals surface area contributed by atoms with Crippen LogP contribution in [0.5, 0.6) is 5.75 Å². The SMILES string of the molecule is CC(N)C1CCCCN1C(=O)c1ccc(OC(F)(F)F)cc1. The van der Waals surface area contributed by atoms with Gasteiger partial charge < -0.3 is 15.4 Å². The second-order valence-corrected chi connectivity index (χ2v) is 5.49. The summed E-state index contributed by atoms with van der Waals surface area (Å²) in [4.78, 5) is 14.2. The molecule has 1 aliphatic heterocycles. The van der Waals surface area contributed by atoms with Crippen LogP contribution >= 0.6 is 0 Å². The first-order valence-electron chi connectivity index (χ1n) is 7.20. The molecule has 122 valence electrons. The van der Waals surface area contributed by atoms with Crippen LogP contribution < -0.4 is 10.5 Å². The van der Waals surface area contributed by atoms with Crippen molar-refractivity contribution in [3.8, 4) is 5.75 Å². The van der Waals surface area contributed by atoms with Crippen LogP contribution in [0.4, 0.5) is 13.2 Å². The number of piperidine rings is 1. The fourth-order valence-corrected chi connectivity index (χ4v) is 2.72. The van der Waals surface area contributed by atoms with Crippen LogP contribution in [0.1, 0.15) is 36.5 Å². The molecular weight excluding hydrogens is 297 g/mol. The maximum atomic E-state index is 12.5. The monoisotopic (exact) mass is 316 g/mol. The fourth-order valence-electron chi connectivity index (χ4n) is 2.72. The standard InChI is InChI=1S/C15H19F3N2O2/c1-10(19)13-4-2-3-9-20(13)14(21)11-5-7-12(8-6-11)22-15(16,17)18/h5-8,10,13H,2-4,9,19H2,1H3. The zero-order chi connectivity index (χ0) is 16.3. The van der Waals surface area contributed by atoms with Crippen molar-refractivity contribution in [3.05, 3.63) is 29.8 Å². The van der Waals surface area contributed by atoms with E-state index in [0.717, 1.165) is 31.4 Å². The molecule has 1 fully saturated rings. The van der Waals surface area contributed by atoms with E-state index in [-0.39, 0.29) is 23.7 Å². The van der Waals surface area contributed by atoms with Crippen molar-refractivity contribution in [2.45, 2.75) is 44.6 Å². The van der Waals surface area contributed by atoms with Gasteiger partial charge >= 0.3 is 6.36 Å². The van der Waals surface area contributed by atoms with Crippen molar-refractivity contribution in [3.63, 3.8) is 0 Å². The van der Waals surface area contributed by atoms with Crippen LogP contribution in [0.2, 0.25) is 0 Å². The minimum absolute atomic E-state index is 0.0349. The van der Waals surface area contributed by atoms with Gasteiger partial charge in [-0.15, -0.1) is 13.2 Å². The van der Waals surface area contributed by atoms with Crippen molar-refractivity contribution in [2.75, 3.05) is 6.54 Å². The average molecular weight is 316 g/mol. The number of carbonyl (C=O) groups is 1. The predicted molar refractivity (Wildman–Crippen MR) is 75.4 cm³/mol. The van der Waals surface area contributed by atoms with Crippen molar-refractivity contribution in [1.29, 1.82) is 0 Å². The van der Waals surface area contributed by atoms with Crippen LogP contribution in [0.25, 0.3) is 0 Å². The van der Waals surface area contributed by atoms with Crippen molar-refractivity contribution in [2.24, 2.45) is 5.73 Å². The fraction of sp³-hybridized carbons (Fsp3) is 0.533. The van der Waals surface area contributed by atoms with Gasteiger partial charge in [-0.2, -0.15) is 0 Å². The second kappa shape index (κ2) is 6.56. The van der Waals surface area contributed by atoms with Crippen molar-refractivity contribution in [1.82, 2.24) is 4.90 Å². The molecule has 2 atom stereocenters. The lowest BCUT2D eigenvalue weighted by Gasteiger charge is -2.38. The third-order valence-electron chi connectivity index (χ3n) is 3.75. The Morgan fingerprint density at radius 1 is 1.32 bits per heavy atom. The largest absolute Gasteiger partial charge is 0.573 e. The average Bonchev–Trinajstić information content (AvgIpc) is 2.45. The molecule has 0 aliphatic carbocycles. The number of nitrogens with zero attached hydrogens (tertiary/aromatic N) is 1. The number of hydrogen-bond acceptors (Lipinski definition) is 3. The maximum Gasteiger partial charge on any atom is 0.573 e. The first-order chi connectivity index (χ1) is 10.3. The van der Waals surface area contributed by atoms with E-state index in [0.29, 0.717) is 12.1 Å². The summed E-state index contributed by atoms with van der Waals surface area (Å²) in [5, 5.41) is 0. The predicted octanol–water partition coefficient (Wildman–Crippen LogP) is 2.93. The van der Waals surface area contributed by atoms with E-state index in [1.165, 1.54) is 12.1 Å². The van der Waals surface area contributed by atoms with Crippen LogP contribution in [0.3, 0.4) is 0 Å². The third-order valence-corrected chi connectivity index (χ3v) is 3.75. The van der Waals surface area contributed by atoms with Gasteiger partial charge in [0, 0.05) is 24.2 Å². The van der Waals surface area contributed by atoms with Crippen LogP contribution in [0, 0.1) is 0 Å². The molecular formula is C15H19F3N2O2. The van der Waals surface area contributed by atoms with E-state index >= 15 is 0 Å². The summed E-state index contributed by atoms with van der Waals surface area (Å²) < 4.78 is 40.2. The summed E-state index contributed by atoms with van der Waals surface area (Å²) in [7, 11) is 0. The van der Waals surface area contributed by atoms with Gasteiger partial charge in [0.05, 0.1) is 0 Å². The molecule has 0 bridgehead atoms. The number of likely N-dealkylation sites (tertiary alicyclic amines) is 1. The molecule has 2 unspecified atom stereocenters. The van der Waals surface area contributed by atoms with Crippen molar-refractivity contribution < 1.29 is 22.7 Å². The number of halogens is 3. The van der Waals surface area contributed by atoms with E-state index in [1.54, 1.807) is 4.90 Å². The van der Waals surface area contributed by atoms with Crippen LogP contribution in [-0.2, 0) is 0 Å². The van der Waals surface area contributed by atoms with Gasteiger partial charge in [-0.3, -0.25) is 4.79 Å². The van der Waals surface area contributed by atoms with Gasteiger partial charge in [0.2, 0.25) is 0 Å². The Labute approximate surface area is 127 Å². The molecule has 22 heavy (non-hydrogen) atoms. The zero-order valence-corrected chi connectivity index (χ0v) is 12.3. The van der Waals surface area contributed by atoms with Crippen molar-refractivity contribution >= 4 is 5.91 Å². The molecule has 1 saturated heterocycles. The van der Waals surface area contributed by atoms with E-state index in [2.05, 4.69) is 4.74 Å². The third kappa shape index (κ3) is 4.13. The molecule has 1 aliphatic rings. The van der Waals surface area contributed by atoms with Gasteiger partial charge in [0.25, 0.3) is 5.91 Å². The topological polar surface area (TPSA) is 55.6 Å². The zero-order valence-electron chi connectivity index (χ0n) is 12.3. The highest BCUT2D eigenvalue weighted by Gasteiger charge is 2.32. The summed E-state index contributed by atoms with van der Waals surface area (Å²) in [6, 6.07) is 4.80. The lowest BCUT2D eigenvalue weighted by atomic mass is 9.96. The van der Waals surface area contributed by atoms with E-state index < -0.39 is 6.36 Å². The van der Waals surface area contributed by atoms with Crippen LogP contribution in [0.15, 0.2) is 24.3 Å². The molecule has 0 radical (unpaired) electrons. The first-order valence-corrected chi connectivity index (χ1v) is 7.20. The molecule has 2 N–H and O–H groups in total. The highest BCUT2D eigenvalue weighted by Crippen LogP contribution is 2.25. The molecule has 0 saturated carbocycles. The molecule has 1 amide bonds. The molecule has 0 aromatic heterocycles. The van der Waals surface area contributed by atoms with Gasteiger partial charge in [-0.25, -0.2) is 0 Å².